The molecule has 2 heterocycles. The molecule has 2 aliphatic heterocycles. The van der Waals surface area contributed by atoms with Crippen LogP contribution in [0, 0.1) is 11.6 Å². The molecule has 0 amide bonds. The van der Waals surface area contributed by atoms with Gasteiger partial charge in [-0.1, -0.05) is 0 Å². The molecule has 1 saturated heterocycles. The standard InChI is InChI=1S/C16H18F2N2O4/c1-2-19-8-10(16(22)23)15(21)9-7-11(17)14(12(18)13(9)19)20-3-5-24-6-4-20/h7-8,15,21H,2-6H2,1H3,(H,22,23). The van der Waals surface area contributed by atoms with E-state index >= 15 is 4.39 Å². The highest BCUT2D eigenvalue weighted by atomic mass is 19.1. The molecule has 6 nitrogen and oxygen atoms in total. The van der Waals surface area contributed by atoms with Crippen LogP contribution in [-0.2, 0) is 9.53 Å². The lowest BCUT2D eigenvalue weighted by Gasteiger charge is -2.34. The molecular weight excluding hydrogens is 322 g/mol. The Morgan fingerprint density at radius 3 is 2.58 bits per heavy atom. The molecule has 2 N–H and O–H groups in total. The summed E-state index contributed by atoms with van der Waals surface area (Å²) in [6.07, 6.45) is -0.387. The molecule has 130 valence electrons. The van der Waals surface area contributed by atoms with Crippen LogP contribution in [0.2, 0.25) is 0 Å². The molecule has 24 heavy (non-hydrogen) atoms. The third kappa shape index (κ3) is 2.61. The maximum Gasteiger partial charge on any atom is 0.336 e. The fourth-order valence-electron chi connectivity index (χ4n) is 3.09. The van der Waals surface area contributed by atoms with Crippen molar-refractivity contribution in [2.45, 2.75) is 13.0 Å². The number of hydrogen-bond donors (Lipinski definition) is 2. The molecule has 2 aliphatic rings. The summed E-state index contributed by atoms with van der Waals surface area (Å²) >= 11 is 0. The molecule has 1 aromatic rings. The van der Waals surface area contributed by atoms with Gasteiger partial charge in [-0.3, -0.25) is 0 Å². The van der Waals surface area contributed by atoms with Crippen LogP contribution in [0.3, 0.4) is 0 Å². The SMILES string of the molecule is CCN1C=C(C(=O)O)C(O)c2cc(F)c(N3CCOCC3)c(F)c21. The van der Waals surface area contributed by atoms with E-state index in [4.69, 9.17) is 4.74 Å². The number of carboxylic acid groups (broad SMARTS) is 1. The van der Waals surface area contributed by atoms with Crippen molar-refractivity contribution in [1.82, 2.24) is 0 Å². The third-order valence-electron chi connectivity index (χ3n) is 4.28. The molecule has 0 bridgehead atoms. The van der Waals surface area contributed by atoms with Crippen LogP contribution >= 0.6 is 0 Å². The second-order valence-electron chi connectivity index (χ2n) is 5.64. The Labute approximate surface area is 137 Å². The van der Waals surface area contributed by atoms with Crippen LogP contribution in [0.4, 0.5) is 20.2 Å². The van der Waals surface area contributed by atoms with E-state index in [0.717, 1.165) is 6.07 Å². The van der Waals surface area contributed by atoms with Crippen LogP contribution < -0.4 is 9.80 Å². The van der Waals surface area contributed by atoms with E-state index in [0.29, 0.717) is 26.3 Å². The van der Waals surface area contributed by atoms with Gasteiger partial charge in [0.15, 0.2) is 5.82 Å². The molecule has 1 aromatic carbocycles. The number of carbonyl (C=O) groups is 1. The number of aliphatic hydroxyl groups is 1. The zero-order valence-corrected chi connectivity index (χ0v) is 13.1. The number of halogens is 2. The Morgan fingerprint density at radius 1 is 1.33 bits per heavy atom. The number of morpholine rings is 1. The minimum atomic E-state index is -1.58. The van der Waals surface area contributed by atoms with Crippen LogP contribution in [0.15, 0.2) is 17.8 Å². The van der Waals surface area contributed by atoms with Gasteiger partial charge in [0.2, 0.25) is 0 Å². The average Bonchev–Trinajstić information content (AvgIpc) is 2.56. The Kier molecular flexibility index (Phi) is 4.42. The monoisotopic (exact) mass is 340 g/mol. The van der Waals surface area contributed by atoms with Gasteiger partial charge in [0.25, 0.3) is 0 Å². The summed E-state index contributed by atoms with van der Waals surface area (Å²) < 4.78 is 34.8. The first-order valence-electron chi connectivity index (χ1n) is 7.70. The number of hydrogen-bond acceptors (Lipinski definition) is 5. The maximum absolute atomic E-state index is 15.1. The molecule has 8 heteroatoms. The van der Waals surface area contributed by atoms with Crippen LogP contribution in [0.1, 0.15) is 18.6 Å². The van der Waals surface area contributed by atoms with E-state index in [2.05, 4.69) is 0 Å². The normalized spacial score (nSPS) is 20.7. The molecule has 0 radical (unpaired) electrons. The first kappa shape index (κ1) is 16.7. The van der Waals surface area contributed by atoms with Crippen LogP contribution in [-0.4, -0.2) is 49.0 Å². The number of anilines is 2. The highest BCUT2D eigenvalue weighted by molar-refractivity contribution is 5.91. The Balaban J connectivity index is 2.14. The second-order valence-corrected chi connectivity index (χ2v) is 5.64. The first-order chi connectivity index (χ1) is 11.5. The maximum atomic E-state index is 15.1. The van der Waals surface area contributed by atoms with E-state index in [-0.39, 0.29) is 29.1 Å². The lowest BCUT2D eigenvalue weighted by molar-refractivity contribution is -0.133. The van der Waals surface area contributed by atoms with Crippen LogP contribution in [0.5, 0.6) is 0 Å². The predicted molar refractivity (Wildman–Crippen MR) is 83.1 cm³/mol. The van der Waals surface area contributed by atoms with E-state index in [1.165, 1.54) is 11.1 Å². The fraction of sp³-hybridized carbons (Fsp3) is 0.438. The van der Waals surface area contributed by atoms with Crippen molar-refractivity contribution in [1.29, 1.82) is 0 Å². The second kappa shape index (κ2) is 6.37. The van der Waals surface area contributed by atoms with Gasteiger partial charge in [-0.05, 0) is 13.0 Å². The zero-order valence-electron chi connectivity index (χ0n) is 13.1. The summed E-state index contributed by atoms with van der Waals surface area (Å²) in [4.78, 5) is 14.2. The van der Waals surface area contributed by atoms with E-state index in [9.17, 15) is 19.4 Å². The van der Waals surface area contributed by atoms with E-state index in [1.54, 1.807) is 11.8 Å². The first-order valence-corrected chi connectivity index (χ1v) is 7.70. The van der Waals surface area contributed by atoms with Crippen molar-refractivity contribution in [3.05, 3.63) is 35.0 Å². The van der Waals surface area contributed by atoms with Gasteiger partial charge in [0.1, 0.15) is 17.6 Å². The summed E-state index contributed by atoms with van der Waals surface area (Å²) in [5, 5.41) is 19.4. The lowest BCUT2D eigenvalue weighted by atomic mass is 9.95. The quantitative estimate of drug-likeness (QED) is 0.872. The number of nitrogens with zero attached hydrogens (tertiary/aromatic N) is 2. The Hall–Kier alpha value is -2.19. The van der Waals surface area contributed by atoms with Gasteiger partial charge in [-0.2, -0.15) is 0 Å². The molecule has 0 aliphatic carbocycles. The predicted octanol–water partition coefficient (Wildman–Crippen LogP) is 1.64. The number of aliphatic carboxylic acids is 1. The van der Waals surface area contributed by atoms with Crippen molar-refractivity contribution in [3.63, 3.8) is 0 Å². The number of carboxylic acids is 1. The number of ether oxygens (including phenoxy) is 1. The molecular formula is C16H18F2N2O4. The van der Waals surface area contributed by atoms with Gasteiger partial charge in [0, 0.05) is 31.4 Å². The summed E-state index contributed by atoms with van der Waals surface area (Å²) in [6.45, 7) is 3.46. The van der Waals surface area contributed by atoms with Crippen molar-refractivity contribution < 1.29 is 28.5 Å². The third-order valence-corrected chi connectivity index (χ3v) is 4.28. The van der Waals surface area contributed by atoms with E-state index < -0.39 is 23.7 Å². The zero-order chi connectivity index (χ0) is 17.4. The Bertz CT molecular complexity index is 702. The van der Waals surface area contributed by atoms with Crippen molar-refractivity contribution in [2.24, 2.45) is 0 Å². The van der Waals surface area contributed by atoms with Crippen molar-refractivity contribution in [3.8, 4) is 0 Å². The molecule has 3 rings (SSSR count). The minimum absolute atomic E-state index is 0.0119. The summed E-state index contributed by atoms with van der Waals surface area (Å²) in [5.41, 5.74) is -0.557. The Morgan fingerprint density at radius 2 is 2.00 bits per heavy atom. The molecule has 0 aromatic heterocycles. The average molecular weight is 340 g/mol. The molecule has 0 spiro atoms. The minimum Gasteiger partial charge on any atom is -0.478 e. The largest absolute Gasteiger partial charge is 0.478 e. The number of benzene rings is 1. The fourth-order valence-corrected chi connectivity index (χ4v) is 3.09. The van der Waals surface area contributed by atoms with Gasteiger partial charge in [0.05, 0.1) is 24.5 Å². The van der Waals surface area contributed by atoms with Crippen LogP contribution in [0.25, 0.3) is 0 Å². The molecule has 1 atom stereocenters. The highest BCUT2D eigenvalue weighted by Gasteiger charge is 2.35. The smallest absolute Gasteiger partial charge is 0.336 e. The highest BCUT2D eigenvalue weighted by Crippen LogP contribution is 2.42. The summed E-state index contributed by atoms with van der Waals surface area (Å²) in [6, 6.07) is 1.02. The molecule has 1 unspecified atom stereocenters. The van der Waals surface area contributed by atoms with Gasteiger partial charge < -0.3 is 24.7 Å². The van der Waals surface area contributed by atoms with Crippen molar-refractivity contribution in [2.75, 3.05) is 42.6 Å². The van der Waals surface area contributed by atoms with Gasteiger partial charge in [-0.15, -0.1) is 0 Å². The van der Waals surface area contributed by atoms with Gasteiger partial charge in [-0.25, -0.2) is 13.6 Å². The topological polar surface area (TPSA) is 73.2 Å². The molecule has 1 fully saturated rings. The number of rotatable bonds is 3. The van der Waals surface area contributed by atoms with Crippen molar-refractivity contribution >= 4 is 17.3 Å². The van der Waals surface area contributed by atoms with E-state index in [1.807, 2.05) is 0 Å². The summed E-state index contributed by atoms with van der Waals surface area (Å²) in [5.74, 6) is -2.95. The van der Waals surface area contributed by atoms with Gasteiger partial charge >= 0.3 is 5.97 Å². The number of fused-ring (bicyclic) bond motifs is 1. The summed E-state index contributed by atoms with van der Waals surface area (Å²) in [7, 11) is 0. The molecule has 0 saturated carbocycles. The lowest BCUT2D eigenvalue weighted by Crippen LogP contribution is -2.38. The number of aliphatic hydroxyl groups excluding tert-OH is 1.